The molecule has 0 saturated carbocycles. The maximum Gasteiger partial charge on any atom is 0.257 e. The molecule has 5 nitrogen and oxygen atoms in total. The van der Waals surface area contributed by atoms with E-state index in [9.17, 15) is 10.0 Å². The van der Waals surface area contributed by atoms with Gasteiger partial charge in [0.25, 0.3) is 5.91 Å². The van der Waals surface area contributed by atoms with Gasteiger partial charge in [-0.15, -0.1) is 0 Å². The fourth-order valence-electron chi connectivity index (χ4n) is 0.860. The summed E-state index contributed by atoms with van der Waals surface area (Å²) in [5.41, 5.74) is 0.283. The van der Waals surface area contributed by atoms with E-state index in [4.69, 9.17) is 5.11 Å². The third kappa shape index (κ3) is 2.72. The molecule has 1 aromatic rings. The summed E-state index contributed by atoms with van der Waals surface area (Å²) in [7, 11) is 0. The van der Waals surface area contributed by atoms with Gasteiger partial charge in [-0.1, -0.05) is 0 Å². The second-order valence-electron chi connectivity index (χ2n) is 2.43. The second kappa shape index (κ2) is 4.42. The van der Waals surface area contributed by atoms with Gasteiger partial charge in [0.05, 0.1) is 6.61 Å². The van der Waals surface area contributed by atoms with Crippen molar-refractivity contribution >= 4 is 5.91 Å². The summed E-state index contributed by atoms with van der Waals surface area (Å²) < 4.78 is 0.549. The van der Waals surface area contributed by atoms with Crippen LogP contribution in [-0.2, 0) is 0 Å². The first-order valence-corrected chi connectivity index (χ1v) is 3.82. The first kappa shape index (κ1) is 9.47. The summed E-state index contributed by atoms with van der Waals surface area (Å²) in [5, 5.41) is 21.6. The van der Waals surface area contributed by atoms with Crippen LogP contribution in [0, 0.1) is 5.21 Å². The van der Waals surface area contributed by atoms with E-state index in [-0.39, 0.29) is 24.6 Å². The van der Waals surface area contributed by atoms with Gasteiger partial charge in [-0.3, -0.25) is 4.79 Å². The van der Waals surface area contributed by atoms with Gasteiger partial charge in [-0.25, -0.2) is 0 Å². The minimum Gasteiger partial charge on any atom is -0.619 e. The Hall–Kier alpha value is -1.62. The highest BCUT2D eigenvalue weighted by Gasteiger charge is 2.06. The Morgan fingerprint density at radius 3 is 3.08 bits per heavy atom. The van der Waals surface area contributed by atoms with Crippen molar-refractivity contribution in [2.75, 3.05) is 13.2 Å². The van der Waals surface area contributed by atoms with Gasteiger partial charge in [0.15, 0.2) is 12.4 Å². The predicted molar refractivity (Wildman–Crippen MR) is 44.8 cm³/mol. The summed E-state index contributed by atoms with van der Waals surface area (Å²) >= 11 is 0. The smallest absolute Gasteiger partial charge is 0.257 e. The van der Waals surface area contributed by atoms with Gasteiger partial charge in [-0.2, -0.15) is 4.73 Å². The van der Waals surface area contributed by atoms with Gasteiger partial charge in [0.1, 0.15) is 5.56 Å². The van der Waals surface area contributed by atoms with Crippen molar-refractivity contribution in [3.05, 3.63) is 35.3 Å². The van der Waals surface area contributed by atoms with Gasteiger partial charge in [-0.05, 0) is 6.07 Å². The summed E-state index contributed by atoms with van der Waals surface area (Å²) in [6, 6.07) is 3.02. The van der Waals surface area contributed by atoms with Crippen molar-refractivity contribution in [2.45, 2.75) is 0 Å². The highest BCUT2D eigenvalue weighted by Crippen LogP contribution is 1.92. The lowest BCUT2D eigenvalue weighted by Crippen LogP contribution is -2.31. The van der Waals surface area contributed by atoms with Gasteiger partial charge >= 0.3 is 0 Å². The molecule has 1 amide bonds. The fraction of sp³-hybridized carbons (Fsp3) is 0.250. The van der Waals surface area contributed by atoms with Crippen molar-refractivity contribution < 1.29 is 14.6 Å². The zero-order valence-electron chi connectivity index (χ0n) is 6.93. The molecule has 0 fully saturated rings. The monoisotopic (exact) mass is 182 g/mol. The van der Waals surface area contributed by atoms with Crippen LogP contribution in [0.4, 0.5) is 0 Å². The number of carbonyl (C=O) groups is 1. The Morgan fingerprint density at radius 1 is 1.69 bits per heavy atom. The first-order valence-electron chi connectivity index (χ1n) is 3.82. The number of aliphatic hydroxyl groups is 1. The molecular weight excluding hydrogens is 172 g/mol. The number of rotatable bonds is 3. The van der Waals surface area contributed by atoms with Crippen molar-refractivity contribution in [2.24, 2.45) is 0 Å². The molecule has 2 N–H and O–H groups in total. The van der Waals surface area contributed by atoms with E-state index < -0.39 is 0 Å². The number of hydrogen-bond acceptors (Lipinski definition) is 3. The first-order chi connectivity index (χ1) is 6.24. The normalized spacial score (nSPS) is 9.62. The fourth-order valence-corrected chi connectivity index (χ4v) is 0.860. The molecule has 0 aromatic carbocycles. The zero-order valence-corrected chi connectivity index (χ0v) is 6.93. The molecule has 0 saturated heterocycles. The molecular formula is C8H10N2O3. The van der Waals surface area contributed by atoms with Crippen LogP contribution in [0.5, 0.6) is 0 Å². The van der Waals surface area contributed by atoms with Crippen molar-refractivity contribution in [1.29, 1.82) is 0 Å². The van der Waals surface area contributed by atoms with Crippen LogP contribution in [0.1, 0.15) is 10.4 Å². The zero-order chi connectivity index (χ0) is 9.68. The molecule has 0 unspecified atom stereocenters. The minimum atomic E-state index is -0.362. The lowest BCUT2D eigenvalue weighted by atomic mass is 10.3. The molecule has 0 aliphatic carbocycles. The van der Waals surface area contributed by atoms with E-state index in [1.54, 1.807) is 0 Å². The number of nitrogens with zero attached hydrogens (tertiary/aromatic N) is 1. The average molecular weight is 182 g/mol. The van der Waals surface area contributed by atoms with Crippen LogP contribution >= 0.6 is 0 Å². The molecule has 0 aliphatic heterocycles. The number of pyridine rings is 1. The molecule has 1 aromatic heterocycles. The Balaban J connectivity index is 2.66. The molecule has 1 rings (SSSR count). The topological polar surface area (TPSA) is 76.3 Å². The third-order valence-corrected chi connectivity index (χ3v) is 1.43. The minimum absolute atomic E-state index is 0.115. The molecule has 0 radical (unpaired) electrons. The van der Waals surface area contributed by atoms with Gasteiger partial charge < -0.3 is 15.6 Å². The second-order valence-corrected chi connectivity index (χ2v) is 2.43. The molecule has 0 atom stereocenters. The van der Waals surface area contributed by atoms with Gasteiger partial charge in [0.2, 0.25) is 0 Å². The van der Waals surface area contributed by atoms with Crippen LogP contribution in [0.2, 0.25) is 0 Å². The molecule has 0 bridgehead atoms. The largest absolute Gasteiger partial charge is 0.619 e. The molecule has 13 heavy (non-hydrogen) atoms. The lowest BCUT2D eigenvalue weighted by Gasteiger charge is -2.02. The standard InChI is InChI=1S/C8H10N2O3/c11-5-3-9-8(12)7-2-1-4-10(13)6-7/h1-2,4,6,11H,3,5H2,(H,9,12). The lowest BCUT2D eigenvalue weighted by molar-refractivity contribution is -0.605. The molecule has 70 valence electrons. The number of nitrogens with one attached hydrogen (secondary N) is 1. The van der Waals surface area contributed by atoms with E-state index in [2.05, 4.69) is 5.32 Å². The molecule has 0 aliphatic rings. The Bertz CT molecular complexity index is 301. The van der Waals surface area contributed by atoms with E-state index in [1.807, 2.05) is 0 Å². The van der Waals surface area contributed by atoms with Crippen LogP contribution in [0.25, 0.3) is 0 Å². The highest BCUT2D eigenvalue weighted by molar-refractivity contribution is 5.93. The van der Waals surface area contributed by atoms with E-state index >= 15 is 0 Å². The number of carbonyl (C=O) groups excluding carboxylic acids is 1. The Kier molecular flexibility index (Phi) is 3.22. The number of hydrogen-bond donors (Lipinski definition) is 2. The van der Waals surface area contributed by atoms with E-state index in [0.29, 0.717) is 4.73 Å². The summed E-state index contributed by atoms with van der Waals surface area (Å²) in [5.74, 6) is -0.362. The van der Waals surface area contributed by atoms with Gasteiger partial charge in [0, 0.05) is 12.6 Å². The van der Waals surface area contributed by atoms with E-state index in [0.717, 1.165) is 0 Å². The Morgan fingerprint density at radius 2 is 2.46 bits per heavy atom. The summed E-state index contributed by atoms with van der Waals surface area (Å²) in [4.78, 5) is 11.2. The predicted octanol–water partition coefficient (Wildman–Crippen LogP) is -0.958. The van der Waals surface area contributed by atoms with Crippen molar-refractivity contribution in [1.82, 2.24) is 5.32 Å². The molecule has 5 heteroatoms. The molecule has 0 spiro atoms. The maximum absolute atomic E-state index is 11.2. The maximum atomic E-state index is 11.2. The van der Waals surface area contributed by atoms with Crippen LogP contribution in [0.3, 0.4) is 0 Å². The van der Waals surface area contributed by atoms with E-state index in [1.165, 1.54) is 24.5 Å². The van der Waals surface area contributed by atoms with Crippen LogP contribution in [0.15, 0.2) is 24.5 Å². The SMILES string of the molecule is O=C(NCCO)c1ccc[n+]([O-])c1. The van der Waals surface area contributed by atoms with Crippen LogP contribution in [-0.4, -0.2) is 24.2 Å². The van der Waals surface area contributed by atoms with Crippen LogP contribution < -0.4 is 10.0 Å². The summed E-state index contributed by atoms with van der Waals surface area (Å²) in [6.45, 7) is 0.0720. The number of aliphatic hydroxyl groups excluding tert-OH is 1. The highest BCUT2D eigenvalue weighted by atomic mass is 16.5. The third-order valence-electron chi connectivity index (χ3n) is 1.43. The Labute approximate surface area is 75.2 Å². The average Bonchev–Trinajstić information content (AvgIpc) is 2.14. The number of aromatic nitrogens is 1. The molecule has 1 heterocycles. The quantitative estimate of drug-likeness (QED) is 0.467. The number of amides is 1. The van der Waals surface area contributed by atoms with Crippen molar-refractivity contribution in [3.63, 3.8) is 0 Å². The summed E-state index contributed by atoms with van der Waals surface area (Å²) in [6.07, 6.45) is 2.47. The van der Waals surface area contributed by atoms with Crippen molar-refractivity contribution in [3.8, 4) is 0 Å².